The normalized spacial score (nSPS) is 10.6. The lowest BCUT2D eigenvalue weighted by Gasteiger charge is -2.09. The van der Waals surface area contributed by atoms with E-state index >= 15 is 0 Å². The Balaban J connectivity index is 1.73. The molecule has 0 unspecified atom stereocenters. The van der Waals surface area contributed by atoms with Crippen LogP contribution in [0.15, 0.2) is 54.9 Å². The number of methoxy groups -OCH3 is 1. The van der Waals surface area contributed by atoms with Gasteiger partial charge in [-0.3, -0.25) is 0 Å². The molecule has 0 bridgehead atoms. The van der Waals surface area contributed by atoms with Crippen molar-refractivity contribution >= 4 is 11.6 Å². The van der Waals surface area contributed by atoms with Crippen molar-refractivity contribution in [3.8, 4) is 23.3 Å². The van der Waals surface area contributed by atoms with E-state index in [1.54, 1.807) is 19.2 Å². The average Bonchev–Trinajstić information content (AvgIpc) is 2.67. The highest BCUT2D eigenvalue weighted by atomic mass is 19.4. The molecule has 0 fully saturated rings. The molecule has 0 saturated heterocycles. The maximum atomic E-state index is 12.2. The molecule has 3 aromatic rings. The molecule has 142 valence electrons. The third-order valence-corrected chi connectivity index (χ3v) is 3.33. The van der Waals surface area contributed by atoms with E-state index in [4.69, 9.17) is 4.74 Å². The number of nitrogens with one attached hydrogen (secondary N) is 1. The summed E-state index contributed by atoms with van der Waals surface area (Å²) in [6.07, 6.45) is -3.46. The van der Waals surface area contributed by atoms with Crippen LogP contribution in [0.4, 0.5) is 24.8 Å². The standard InChI is InChI=1S/C19H13F3N4O2/c1-27-16-5-3-2-4-13(16)6-11-17-23-12-24-18(26-17)25-14-7-9-15(10-8-14)28-19(20,21)22/h2-5,7-10,12H,1H3,(H,23,24,25,26). The van der Waals surface area contributed by atoms with E-state index in [2.05, 4.69) is 36.8 Å². The summed E-state index contributed by atoms with van der Waals surface area (Å²) in [5.74, 6) is 6.47. The Morgan fingerprint density at radius 1 is 0.964 bits per heavy atom. The molecule has 0 radical (unpaired) electrons. The summed E-state index contributed by atoms with van der Waals surface area (Å²) in [7, 11) is 1.55. The van der Waals surface area contributed by atoms with Crippen molar-refractivity contribution in [2.75, 3.05) is 12.4 Å². The molecule has 2 aromatic carbocycles. The summed E-state index contributed by atoms with van der Waals surface area (Å²) >= 11 is 0. The average molecular weight is 386 g/mol. The van der Waals surface area contributed by atoms with Gasteiger partial charge in [-0.15, -0.1) is 13.2 Å². The quantitative estimate of drug-likeness (QED) is 0.686. The number of rotatable bonds is 4. The minimum Gasteiger partial charge on any atom is -0.495 e. The maximum Gasteiger partial charge on any atom is 0.573 e. The van der Waals surface area contributed by atoms with Gasteiger partial charge in [0.25, 0.3) is 0 Å². The van der Waals surface area contributed by atoms with Crippen molar-refractivity contribution in [1.29, 1.82) is 0 Å². The second-order valence-electron chi connectivity index (χ2n) is 5.28. The predicted molar refractivity (Wildman–Crippen MR) is 95.2 cm³/mol. The predicted octanol–water partition coefficient (Wildman–Crippen LogP) is 3.92. The number of anilines is 2. The molecule has 0 aliphatic carbocycles. The zero-order valence-corrected chi connectivity index (χ0v) is 14.5. The smallest absolute Gasteiger partial charge is 0.495 e. The molecule has 3 rings (SSSR count). The molecule has 6 nitrogen and oxygen atoms in total. The Morgan fingerprint density at radius 3 is 2.43 bits per heavy atom. The number of nitrogens with zero attached hydrogens (tertiary/aromatic N) is 3. The van der Waals surface area contributed by atoms with Gasteiger partial charge in [-0.25, -0.2) is 9.97 Å². The summed E-state index contributed by atoms with van der Waals surface area (Å²) in [4.78, 5) is 12.1. The number of para-hydroxylation sites is 1. The van der Waals surface area contributed by atoms with Crippen LogP contribution in [0.1, 0.15) is 11.4 Å². The molecular weight excluding hydrogens is 373 g/mol. The van der Waals surface area contributed by atoms with Crippen LogP contribution in [-0.4, -0.2) is 28.4 Å². The van der Waals surface area contributed by atoms with E-state index in [-0.39, 0.29) is 17.5 Å². The van der Waals surface area contributed by atoms with Gasteiger partial charge in [0.15, 0.2) is 0 Å². The van der Waals surface area contributed by atoms with E-state index in [1.165, 1.54) is 30.6 Å². The molecular formula is C19H13F3N4O2. The van der Waals surface area contributed by atoms with Gasteiger partial charge in [0.05, 0.1) is 12.7 Å². The zero-order valence-electron chi connectivity index (χ0n) is 14.5. The molecule has 9 heteroatoms. The van der Waals surface area contributed by atoms with Gasteiger partial charge < -0.3 is 14.8 Å². The van der Waals surface area contributed by atoms with Crippen molar-refractivity contribution in [3.63, 3.8) is 0 Å². The number of halogens is 3. The van der Waals surface area contributed by atoms with Crippen LogP contribution in [0.25, 0.3) is 0 Å². The highest BCUT2D eigenvalue weighted by molar-refractivity contribution is 5.55. The summed E-state index contributed by atoms with van der Waals surface area (Å²) in [5.41, 5.74) is 1.16. The summed E-state index contributed by atoms with van der Waals surface area (Å²) in [6, 6.07) is 12.4. The Labute approximate surface area is 158 Å². The Hall–Kier alpha value is -3.80. The fraction of sp³-hybridized carbons (Fsp3) is 0.105. The van der Waals surface area contributed by atoms with Crippen LogP contribution < -0.4 is 14.8 Å². The first-order valence-electron chi connectivity index (χ1n) is 7.90. The third kappa shape index (κ3) is 5.35. The first kappa shape index (κ1) is 19.0. The fourth-order valence-electron chi connectivity index (χ4n) is 2.16. The lowest BCUT2D eigenvalue weighted by molar-refractivity contribution is -0.274. The zero-order chi connectivity index (χ0) is 20.0. The minimum absolute atomic E-state index is 0.198. The Bertz CT molecular complexity index is 1010. The highest BCUT2D eigenvalue weighted by Gasteiger charge is 2.30. The van der Waals surface area contributed by atoms with Crippen molar-refractivity contribution in [3.05, 3.63) is 66.2 Å². The van der Waals surface area contributed by atoms with E-state index < -0.39 is 6.36 Å². The number of ether oxygens (including phenoxy) is 2. The molecule has 0 atom stereocenters. The van der Waals surface area contributed by atoms with E-state index in [0.29, 0.717) is 17.0 Å². The van der Waals surface area contributed by atoms with Gasteiger partial charge in [-0.1, -0.05) is 18.1 Å². The number of aromatic nitrogens is 3. The van der Waals surface area contributed by atoms with Gasteiger partial charge in [0.2, 0.25) is 11.8 Å². The number of hydrogen-bond donors (Lipinski definition) is 1. The second kappa shape index (κ2) is 8.26. The van der Waals surface area contributed by atoms with E-state index in [9.17, 15) is 13.2 Å². The second-order valence-corrected chi connectivity index (χ2v) is 5.28. The monoisotopic (exact) mass is 386 g/mol. The third-order valence-electron chi connectivity index (χ3n) is 3.33. The lowest BCUT2D eigenvalue weighted by Crippen LogP contribution is -2.17. The summed E-state index contributed by atoms with van der Waals surface area (Å²) in [6.45, 7) is 0. The van der Waals surface area contributed by atoms with Crippen LogP contribution in [-0.2, 0) is 0 Å². The van der Waals surface area contributed by atoms with Crippen molar-refractivity contribution < 1.29 is 22.6 Å². The first-order chi connectivity index (χ1) is 13.4. The summed E-state index contributed by atoms with van der Waals surface area (Å²) < 4.78 is 45.6. The van der Waals surface area contributed by atoms with Crippen molar-refractivity contribution in [1.82, 2.24) is 15.0 Å². The number of hydrogen-bond acceptors (Lipinski definition) is 6. The van der Waals surface area contributed by atoms with Crippen LogP contribution in [0.2, 0.25) is 0 Å². The topological polar surface area (TPSA) is 69.2 Å². The Kier molecular flexibility index (Phi) is 5.60. The van der Waals surface area contributed by atoms with Gasteiger partial charge >= 0.3 is 6.36 Å². The molecule has 0 aliphatic heterocycles. The summed E-state index contributed by atoms with van der Waals surface area (Å²) in [5, 5.41) is 2.86. The molecule has 1 heterocycles. The van der Waals surface area contributed by atoms with Crippen LogP contribution in [0.3, 0.4) is 0 Å². The number of benzene rings is 2. The molecule has 1 aromatic heterocycles. The maximum absolute atomic E-state index is 12.2. The minimum atomic E-state index is -4.74. The molecule has 0 saturated carbocycles. The van der Waals surface area contributed by atoms with E-state index in [0.717, 1.165) is 0 Å². The molecule has 28 heavy (non-hydrogen) atoms. The number of alkyl halides is 3. The molecule has 0 spiro atoms. The fourth-order valence-corrected chi connectivity index (χ4v) is 2.16. The van der Waals surface area contributed by atoms with Gasteiger partial charge in [0, 0.05) is 5.69 Å². The van der Waals surface area contributed by atoms with Crippen LogP contribution in [0.5, 0.6) is 11.5 Å². The highest BCUT2D eigenvalue weighted by Crippen LogP contribution is 2.24. The molecule has 0 amide bonds. The van der Waals surface area contributed by atoms with E-state index in [1.807, 2.05) is 12.1 Å². The van der Waals surface area contributed by atoms with Crippen LogP contribution in [0, 0.1) is 11.8 Å². The van der Waals surface area contributed by atoms with Gasteiger partial charge in [-0.2, -0.15) is 4.98 Å². The molecule has 1 N–H and O–H groups in total. The largest absolute Gasteiger partial charge is 0.573 e. The molecule has 0 aliphatic rings. The van der Waals surface area contributed by atoms with Crippen LogP contribution >= 0.6 is 0 Å². The first-order valence-corrected chi connectivity index (χ1v) is 7.90. The SMILES string of the molecule is COc1ccccc1C#Cc1ncnc(Nc2ccc(OC(F)(F)F)cc2)n1. The van der Waals surface area contributed by atoms with Crippen molar-refractivity contribution in [2.24, 2.45) is 0 Å². The van der Waals surface area contributed by atoms with Crippen molar-refractivity contribution in [2.45, 2.75) is 6.36 Å². The Morgan fingerprint density at radius 2 is 1.71 bits per heavy atom. The van der Waals surface area contributed by atoms with Gasteiger partial charge in [0.1, 0.15) is 17.8 Å². The lowest BCUT2D eigenvalue weighted by atomic mass is 10.2. The van der Waals surface area contributed by atoms with Gasteiger partial charge in [-0.05, 0) is 42.3 Å².